The molecule has 3 aliphatic rings. The molecule has 1 unspecified atom stereocenters. The Balaban J connectivity index is 0.885. The number of nitrogens with one attached hydrogen (secondary N) is 3. The van der Waals surface area contributed by atoms with Gasteiger partial charge in [-0.15, -0.1) is 0 Å². The lowest BCUT2D eigenvalue weighted by molar-refractivity contribution is -0.135. The number of fused-ring (bicyclic) bond motifs is 2. The number of imidazole rings is 1. The Morgan fingerprint density at radius 2 is 1.79 bits per heavy atom. The second-order valence-corrected chi connectivity index (χ2v) is 16.0. The minimum Gasteiger partial charge on any atom is -0.494 e. The van der Waals surface area contributed by atoms with Gasteiger partial charge in [0.25, 0.3) is 5.91 Å². The summed E-state index contributed by atoms with van der Waals surface area (Å²) in [6, 6.07) is 10.8. The molecule has 6 heterocycles. The first-order valence-electron chi connectivity index (χ1n) is 20.1. The number of methoxy groups -OCH3 is 1. The average molecular weight is 788 g/mol. The number of aromatic nitrogens is 5. The zero-order valence-corrected chi connectivity index (χ0v) is 33.3. The fraction of sp³-hybridized carbons (Fsp3) is 0.452. The molecule has 3 fully saturated rings. The fourth-order valence-corrected chi connectivity index (χ4v) is 8.86. The number of hydrogen-bond donors (Lipinski definition) is 3. The number of hydrogen-bond acceptors (Lipinski definition) is 11. The van der Waals surface area contributed by atoms with Crippen LogP contribution in [0.5, 0.6) is 5.75 Å². The van der Waals surface area contributed by atoms with Crippen molar-refractivity contribution >= 4 is 51.2 Å². The Bertz CT molecular complexity index is 2500. The van der Waals surface area contributed by atoms with E-state index in [0.29, 0.717) is 51.0 Å². The minimum absolute atomic E-state index is 0.0752. The first kappa shape index (κ1) is 38.7. The van der Waals surface area contributed by atoms with Gasteiger partial charge in [0.05, 0.1) is 35.0 Å². The molecule has 2 saturated heterocycles. The van der Waals surface area contributed by atoms with Gasteiger partial charge in [-0.2, -0.15) is 5.26 Å². The summed E-state index contributed by atoms with van der Waals surface area (Å²) < 4.78 is 10.8. The van der Waals surface area contributed by atoms with Crippen LogP contribution in [0, 0.1) is 17.2 Å². The Kier molecular flexibility index (Phi) is 10.6. The third kappa shape index (κ3) is 7.37. The van der Waals surface area contributed by atoms with Crippen molar-refractivity contribution in [3.63, 3.8) is 0 Å². The molecule has 3 amide bonds. The number of carbonyl (C=O) groups excluding carboxylic acids is 3. The molecule has 5 aromatic rings. The van der Waals surface area contributed by atoms with E-state index in [0.717, 1.165) is 69.5 Å². The number of amides is 3. The molecule has 1 saturated carbocycles. The summed E-state index contributed by atoms with van der Waals surface area (Å²) >= 11 is 0. The summed E-state index contributed by atoms with van der Waals surface area (Å²) in [5.41, 5.74) is 4.26. The third-order valence-corrected chi connectivity index (χ3v) is 11.8. The smallest absolute Gasteiger partial charge is 0.329 e. The first-order chi connectivity index (χ1) is 28.0. The molecule has 8 rings (SSSR count). The molecular weight excluding hydrogens is 739 g/mol. The van der Waals surface area contributed by atoms with E-state index in [9.17, 15) is 24.4 Å². The standard InChI is InChI=1S/C42H49N11O5/c1-25(2)46-31-20-35(52-14-13-28-19-27(21-43)22-45-39(28)52)44-23-30(31)40(55)47-29-7-5-26(6-8-29)24-50-15-17-51(18-16-50)38-34(58-4)11-9-32-37(38)49(3)42(57)53(32)33-10-12-36(54)48-41(33)56/h9,11,13-14,19-20,22-23,25-26,29,33H,5-8,10,12,15-18,24H2,1-4H3,(H,44,46)(H,47,55)(H,48,54,56). The number of pyridine rings is 2. The highest BCUT2D eigenvalue weighted by Crippen LogP contribution is 2.38. The van der Waals surface area contributed by atoms with Crippen LogP contribution in [0.1, 0.15) is 74.3 Å². The van der Waals surface area contributed by atoms with Crippen molar-refractivity contribution < 1.29 is 19.1 Å². The van der Waals surface area contributed by atoms with Crippen molar-refractivity contribution in [2.24, 2.45) is 13.0 Å². The highest BCUT2D eigenvalue weighted by Gasteiger charge is 2.34. The highest BCUT2D eigenvalue weighted by atomic mass is 16.5. The molecule has 0 bridgehead atoms. The lowest BCUT2D eigenvalue weighted by atomic mass is 9.85. The maximum absolute atomic E-state index is 13.7. The van der Waals surface area contributed by atoms with Crippen molar-refractivity contribution in [3.05, 3.63) is 70.5 Å². The summed E-state index contributed by atoms with van der Waals surface area (Å²) in [4.78, 5) is 65.8. The van der Waals surface area contributed by atoms with Gasteiger partial charge in [-0.3, -0.25) is 38.3 Å². The third-order valence-electron chi connectivity index (χ3n) is 11.8. The van der Waals surface area contributed by atoms with Crippen molar-refractivity contribution in [3.8, 4) is 17.6 Å². The number of nitriles is 1. The Hall–Kier alpha value is -6.21. The van der Waals surface area contributed by atoms with Gasteiger partial charge in [0.1, 0.15) is 35.0 Å². The van der Waals surface area contributed by atoms with Crippen LogP contribution >= 0.6 is 0 Å². The van der Waals surface area contributed by atoms with Gasteiger partial charge in [0, 0.05) is 88.3 Å². The van der Waals surface area contributed by atoms with Crippen LogP contribution < -0.4 is 31.3 Å². The van der Waals surface area contributed by atoms with Crippen LogP contribution in [0.2, 0.25) is 0 Å². The molecule has 1 aromatic carbocycles. The van der Waals surface area contributed by atoms with Crippen LogP contribution in [0.4, 0.5) is 11.4 Å². The number of carbonyl (C=O) groups is 3. The number of imide groups is 1. The van der Waals surface area contributed by atoms with E-state index in [1.165, 1.54) is 4.57 Å². The number of ether oxygens (including phenoxy) is 1. The zero-order valence-electron chi connectivity index (χ0n) is 33.3. The number of anilines is 2. The van der Waals surface area contributed by atoms with Gasteiger partial charge in [0.2, 0.25) is 11.8 Å². The van der Waals surface area contributed by atoms with Gasteiger partial charge in [-0.25, -0.2) is 14.8 Å². The molecule has 0 spiro atoms. The van der Waals surface area contributed by atoms with Crippen molar-refractivity contribution in [1.29, 1.82) is 5.26 Å². The predicted octanol–water partition coefficient (Wildman–Crippen LogP) is 3.86. The van der Waals surface area contributed by atoms with E-state index in [-0.39, 0.29) is 42.4 Å². The molecule has 58 heavy (non-hydrogen) atoms. The van der Waals surface area contributed by atoms with Crippen LogP contribution in [0.3, 0.4) is 0 Å². The molecule has 2 aliphatic heterocycles. The molecule has 16 nitrogen and oxygen atoms in total. The number of piperidine rings is 1. The molecule has 1 atom stereocenters. The number of piperazine rings is 1. The molecule has 302 valence electrons. The van der Waals surface area contributed by atoms with E-state index in [1.54, 1.807) is 37.2 Å². The maximum atomic E-state index is 13.7. The van der Waals surface area contributed by atoms with Gasteiger partial charge in [-0.1, -0.05) is 0 Å². The lowest BCUT2D eigenvalue weighted by Gasteiger charge is -2.39. The van der Waals surface area contributed by atoms with E-state index in [4.69, 9.17) is 4.74 Å². The lowest BCUT2D eigenvalue weighted by Crippen LogP contribution is -2.48. The second-order valence-electron chi connectivity index (χ2n) is 16.0. The number of nitrogens with zero attached hydrogens (tertiary/aromatic N) is 8. The SMILES string of the molecule is COc1ccc2c(c1N1CCN(CC3CCC(NC(=O)c4cnc(-n5ccc6cc(C#N)cnc65)cc4NC(C)C)CC3)CC1)n(C)c(=O)n2C1CCC(=O)NC1=O. The minimum atomic E-state index is -0.755. The van der Waals surface area contributed by atoms with Crippen LogP contribution in [-0.2, 0) is 16.6 Å². The molecule has 4 aromatic heterocycles. The molecule has 3 N–H and O–H groups in total. The first-order valence-corrected chi connectivity index (χ1v) is 20.1. The van der Waals surface area contributed by atoms with Crippen LogP contribution in [0.15, 0.2) is 53.7 Å². The number of benzene rings is 1. The summed E-state index contributed by atoms with van der Waals surface area (Å²) in [6.07, 6.45) is 9.33. The molecule has 0 radical (unpaired) electrons. The monoisotopic (exact) mass is 787 g/mol. The normalized spacial score (nSPS) is 20.3. The van der Waals surface area contributed by atoms with Crippen molar-refractivity contribution in [2.45, 2.75) is 70.5 Å². The topological polar surface area (TPSA) is 184 Å². The van der Waals surface area contributed by atoms with E-state index < -0.39 is 11.9 Å². The maximum Gasteiger partial charge on any atom is 0.329 e. The summed E-state index contributed by atoms with van der Waals surface area (Å²) in [6.45, 7) is 8.24. The van der Waals surface area contributed by atoms with E-state index >= 15 is 0 Å². The quantitative estimate of drug-likeness (QED) is 0.175. The van der Waals surface area contributed by atoms with Gasteiger partial charge >= 0.3 is 5.69 Å². The Labute approximate surface area is 335 Å². The van der Waals surface area contributed by atoms with Crippen molar-refractivity contribution in [1.82, 2.24) is 39.2 Å². The average Bonchev–Trinajstić information content (AvgIpc) is 3.75. The summed E-state index contributed by atoms with van der Waals surface area (Å²) in [5, 5.41) is 19.2. The van der Waals surface area contributed by atoms with E-state index in [1.807, 2.05) is 48.9 Å². The molecular formula is C42H49N11O5. The van der Waals surface area contributed by atoms with Crippen LogP contribution in [0.25, 0.3) is 27.9 Å². The summed E-state index contributed by atoms with van der Waals surface area (Å²) in [7, 11) is 3.35. The number of aryl methyl sites for hydroxylation is 1. The Morgan fingerprint density at radius 1 is 1.02 bits per heavy atom. The molecule has 1 aliphatic carbocycles. The predicted molar refractivity (Wildman–Crippen MR) is 219 cm³/mol. The second kappa shape index (κ2) is 16.0. The number of rotatable bonds is 10. The van der Waals surface area contributed by atoms with Gasteiger partial charge < -0.3 is 20.3 Å². The fourth-order valence-electron chi connectivity index (χ4n) is 8.86. The Morgan fingerprint density at radius 3 is 2.50 bits per heavy atom. The zero-order chi connectivity index (χ0) is 40.7. The van der Waals surface area contributed by atoms with Crippen molar-refractivity contribution in [2.75, 3.05) is 50.1 Å². The summed E-state index contributed by atoms with van der Waals surface area (Å²) in [5.74, 6) is 0.889. The van der Waals surface area contributed by atoms with Crippen LogP contribution in [-0.4, -0.2) is 98.2 Å². The van der Waals surface area contributed by atoms with E-state index in [2.05, 4.69) is 41.8 Å². The largest absolute Gasteiger partial charge is 0.494 e. The highest BCUT2D eigenvalue weighted by molar-refractivity contribution is 6.01. The van der Waals surface area contributed by atoms with Gasteiger partial charge in [0.15, 0.2) is 0 Å². The molecule has 16 heteroatoms. The van der Waals surface area contributed by atoms with Gasteiger partial charge in [-0.05, 0) is 76.1 Å².